The number of esters is 4. The van der Waals surface area contributed by atoms with Crippen molar-refractivity contribution in [3.63, 3.8) is 0 Å². The van der Waals surface area contributed by atoms with Gasteiger partial charge in [0.25, 0.3) is 0 Å². The molecule has 0 amide bonds. The van der Waals surface area contributed by atoms with Crippen LogP contribution in [0.2, 0.25) is 0 Å². The molecule has 3 unspecified atom stereocenters. The van der Waals surface area contributed by atoms with Crippen LogP contribution >= 0.6 is 15.6 Å². The van der Waals surface area contributed by atoms with Crippen LogP contribution in [0.25, 0.3) is 0 Å². The second-order valence-electron chi connectivity index (χ2n) is 32.4. The summed E-state index contributed by atoms with van der Waals surface area (Å²) in [5.41, 5.74) is 0. The van der Waals surface area contributed by atoms with Crippen LogP contribution in [0.4, 0.5) is 0 Å². The molecule has 0 aromatic carbocycles. The largest absolute Gasteiger partial charge is 0.472 e. The Bertz CT molecular complexity index is 2050. The highest BCUT2D eigenvalue weighted by atomic mass is 31.2. The number of aliphatic hydroxyl groups excluding tert-OH is 1. The number of phosphoric acid groups is 2. The van der Waals surface area contributed by atoms with Gasteiger partial charge in [-0.3, -0.25) is 37.3 Å². The molecule has 636 valence electrons. The Labute approximate surface area is 658 Å². The summed E-state index contributed by atoms with van der Waals surface area (Å²) in [5.74, 6) is -0.564. The minimum absolute atomic E-state index is 0.108. The molecule has 0 spiro atoms. The maximum atomic E-state index is 13.2. The molecule has 19 heteroatoms. The van der Waals surface area contributed by atoms with Gasteiger partial charge in [0, 0.05) is 25.7 Å². The van der Waals surface area contributed by atoms with Gasteiger partial charge < -0.3 is 33.8 Å². The lowest BCUT2D eigenvalue weighted by atomic mass is 10.00. The molecule has 3 N–H and O–H groups in total. The molecule has 0 aromatic heterocycles. The monoisotopic (exact) mass is 1560 g/mol. The molecule has 0 bridgehead atoms. The molecular weight excluding hydrogens is 1390 g/mol. The maximum absolute atomic E-state index is 13.2. The van der Waals surface area contributed by atoms with E-state index in [9.17, 15) is 43.2 Å². The van der Waals surface area contributed by atoms with E-state index in [0.717, 1.165) is 108 Å². The Kier molecular flexibility index (Phi) is 77.9. The van der Waals surface area contributed by atoms with Gasteiger partial charge in [-0.15, -0.1) is 0 Å². The van der Waals surface area contributed by atoms with Crippen molar-refractivity contribution in [1.82, 2.24) is 0 Å². The van der Waals surface area contributed by atoms with Crippen LogP contribution in [0.1, 0.15) is 472 Å². The van der Waals surface area contributed by atoms with E-state index in [0.29, 0.717) is 25.7 Å². The number of phosphoric ester groups is 2. The normalized spacial score (nSPS) is 14.0. The first-order valence-corrected chi connectivity index (χ1v) is 48.5. The Hall–Kier alpha value is -1.94. The second kappa shape index (κ2) is 79.3. The topological polar surface area (TPSA) is 237 Å². The summed E-state index contributed by atoms with van der Waals surface area (Å²) in [6.07, 6.45) is 72.4. The van der Waals surface area contributed by atoms with E-state index in [1.807, 2.05) is 0 Å². The highest BCUT2D eigenvalue weighted by Crippen LogP contribution is 2.45. The van der Waals surface area contributed by atoms with Gasteiger partial charge in [-0.25, -0.2) is 9.13 Å². The molecule has 6 atom stereocenters. The van der Waals surface area contributed by atoms with Gasteiger partial charge in [0.1, 0.15) is 19.3 Å². The first kappa shape index (κ1) is 105. The van der Waals surface area contributed by atoms with Gasteiger partial charge in [0.15, 0.2) is 12.2 Å². The van der Waals surface area contributed by atoms with Crippen LogP contribution < -0.4 is 0 Å². The summed E-state index contributed by atoms with van der Waals surface area (Å²) in [6, 6.07) is 0. The van der Waals surface area contributed by atoms with Crippen LogP contribution in [0.15, 0.2) is 0 Å². The molecule has 0 saturated heterocycles. The van der Waals surface area contributed by atoms with E-state index in [1.165, 1.54) is 283 Å². The minimum Gasteiger partial charge on any atom is -0.462 e. The van der Waals surface area contributed by atoms with Crippen molar-refractivity contribution in [2.24, 2.45) is 11.8 Å². The van der Waals surface area contributed by atoms with Gasteiger partial charge in [-0.05, 0) is 37.5 Å². The number of unbranched alkanes of at least 4 members (excludes halogenated alkanes) is 56. The predicted octanol–water partition coefficient (Wildman–Crippen LogP) is 27.0. The lowest BCUT2D eigenvalue weighted by Crippen LogP contribution is -2.30. The average Bonchev–Trinajstić information content (AvgIpc) is 0.906. The van der Waals surface area contributed by atoms with E-state index in [2.05, 4.69) is 41.5 Å². The lowest BCUT2D eigenvalue weighted by Gasteiger charge is -2.21. The Morgan fingerprint density at radius 2 is 0.477 bits per heavy atom. The maximum Gasteiger partial charge on any atom is 0.472 e. The molecule has 0 heterocycles. The van der Waals surface area contributed by atoms with Gasteiger partial charge in [0.05, 0.1) is 26.4 Å². The number of rotatable bonds is 87. The molecule has 107 heavy (non-hydrogen) atoms. The molecule has 0 saturated carbocycles. The second-order valence-corrected chi connectivity index (χ2v) is 35.3. The highest BCUT2D eigenvalue weighted by Gasteiger charge is 2.31. The van der Waals surface area contributed by atoms with Crippen molar-refractivity contribution in [3.8, 4) is 0 Å². The zero-order chi connectivity index (χ0) is 78.5. The highest BCUT2D eigenvalue weighted by molar-refractivity contribution is 7.47. The zero-order valence-electron chi connectivity index (χ0n) is 70.5. The average molecular weight is 1560 g/mol. The molecule has 0 aliphatic heterocycles. The third-order valence-corrected chi connectivity index (χ3v) is 23.0. The summed E-state index contributed by atoms with van der Waals surface area (Å²) in [6.45, 7) is 9.67. The number of aliphatic hydroxyl groups is 1. The standard InChI is InChI=1S/C88H172O17P2/c1-7-10-12-14-16-18-20-22-24-26-27-28-29-30-32-36-41-45-49-53-61-66-72-87(92)104-83(76-98-85(90)70-64-58-51-47-43-39-37-33-34-38-42-46-50-56-62-68-80(4)5)78-102-106(94,95)100-74-82(89)75-101-107(96,97)103-79-84(77-99-86(91)71-65-59-55-54-57-63-69-81(6)9-3)105-88(93)73-67-60-52-48-44-40-35-31-25-23-21-19-17-15-13-11-8-2/h80-84,89H,7-79H2,1-6H3,(H,94,95)(H,96,97)/t81?,82-,83-,84-/m1/s1. The molecule has 0 fully saturated rings. The molecule has 0 aliphatic rings. The fourth-order valence-electron chi connectivity index (χ4n) is 13.7. The van der Waals surface area contributed by atoms with E-state index in [-0.39, 0.29) is 25.7 Å². The number of hydrogen-bond acceptors (Lipinski definition) is 15. The molecule has 0 aromatic rings. The zero-order valence-corrected chi connectivity index (χ0v) is 72.2. The molecule has 17 nitrogen and oxygen atoms in total. The number of hydrogen-bond donors (Lipinski definition) is 3. The minimum atomic E-state index is -4.97. The van der Waals surface area contributed by atoms with Crippen LogP contribution in [-0.4, -0.2) is 96.7 Å². The van der Waals surface area contributed by atoms with Gasteiger partial charge in [-0.1, -0.05) is 420 Å². The summed E-state index contributed by atoms with van der Waals surface area (Å²) in [4.78, 5) is 73.3. The molecule has 0 aliphatic carbocycles. The smallest absolute Gasteiger partial charge is 0.462 e. The molecule has 0 rings (SSSR count). The summed E-state index contributed by atoms with van der Waals surface area (Å²) in [5, 5.41) is 10.7. The van der Waals surface area contributed by atoms with Crippen molar-refractivity contribution in [3.05, 3.63) is 0 Å². The van der Waals surface area contributed by atoms with Crippen molar-refractivity contribution < 1.29 is 80.2 Å². The van der Waals surface area contributed by atoms with Crippen LogP contribution in [0, 0.1) is 11.8 Å². The van der Waals surface area contributed by atoms with E-state index < -0.39 is 97.5 Å². The van der Waals surface area contributed by atoms with E-state index in [4.69, 9.17) is 37.0 Å². The lowest BCUT2D eigenvalue weighted by molar-refractivity contribution is -0.161. The SMILES string of the molecule is CCCCCCCCCCCCCCCCCCCCCCCCC(=O)O[C@H](COC(=O)CCCCCCCCCCCCCCCCCC(C)C)COP(=O)(O)OC[C@@H](O)COP(=O)(O)OC[C@@H](COC(=O)CCCCCCCCC(C)CC)OC(=O)CCCCCCCCCCCCCCCCCCC. The quantitative estimate of drug-likeness (QED) is 0.0222. The van der Waals surface area contributed by atoms with Gasteiger partial charge in [0.2, 0.25) is 0 Å². The van der Waals surface area contributed by atoms with Crippen LogP contribution in [0.5, 0.6) is 0 Å². The molecule has 0 radical (unpaired) electrons. The Balaban J connectivity index is 5.22. The Morgan fingerprint density at radius 1 is 0.271 bits per heavy atom. The number of ether oxygens (including phenoxy) is 4. The fraction of sp³-hybridized carbons (Fsp3) is 0.955. The van der Waals surface area contributed by atoms with E-state index in [1.54, 1.807) is 0 Å². The molecular formula is C88H172O17P2. The van der Waals surface area contributed by atoms with Crippen molar-refractivity contribution in [1.29, 1.82) is 0 Å². The van der Waals surface area contributed by atoms with Gasteiger partial charge in [-0.2, -0.15) is 0 Å². The summed E-state index contributed by atoms with van der Waals surface area (Å²) < 4.78 is 68.9. The number of carbonyl (C=O) groups excluding carboxylic acids is 4. The fourth-order valence-corrected chi connectivity index (χ4v) is 15.3. The Morgan fingerprint density at radius 3 is 0.710 bits per heavy atom. The predicted molar refractivity (Wildman–Crippen MR) is 442 cm³/mol. The van der Waals surface area contributed by atoms with Crippen molar-refractivity contribution in [2.45, 2.75) is 490 Å². The van der Waals surface area contributed by atoms with Crippen LogP contribution in [-0.2, 0) is 65.4 Å². The third kappa shape index (κ3) is 80.5. The first-order chi connectivity index (χ1) is 51.9. The summed E-state index contributed by atoms with van der Waals surface area (Å²) >= 11 is 0. The van der Waals surface area contributed by atoms with Crippen molar-refractivity contribution in [2.75, 3.05) is 39.6 Å². The number of carbonyl (C=O) groups is 4. The third-order valence-electron chi connectivity index (χ3n) is 21.1. The first-order valence-electron chi connectivity index (χ1n) is 45.5. The van der Waals surface area contributed by atoms with Crippen LogP contribution in [0.3, 0.4) is 0 Å². The van der Waals surface area contributed by atoms with E-state index >= 15 is 0 Å². The summed E-state index contributed by atoms with van der Waals surface area (Å²) in [7, 11) is -9.93. The van der Waals surface area contributed by atoms with Gasteiger partial charge >= 0.3 is 39.5 Å². The van der Waals surface area contributed by atoms with Crippen molar-refractivity contribution >= 4 is 39.5 Å².